The molecule has 21 heavy (non-hydrogen) atoms. The maximum Gasteiger partial charge on any atom is 0.165 e. The quantitative estimate of drug-likeness (QED) is 0.683. The first-order chi connectivity index (χ1) is 10.3. The molecule has 0 radical (unpaired) electrons. The van der Waals surface area contributed by atoms with Gasteiger partial charge in [-0.2, -0.15) is 0 Å². The molecule has 0 aliphatic carbocycles. The number of ether oxygens (including phenoxy) is 1. The number of hydrogen-bond acceptors (Lipinski definition) is 3. The van der Waals surface area contributed by atoms with E-state index >= 15 is 0 Å². The predicted octanol–water partition coefficient (Wildman–Crippen LogP) is 3.77. The van der Waals surface area contributed by atoms with Gasteiger partial charge in [-0.1, -0.05) is 30.3 Å². The Morgan fingerprint density at radius 2 is 1.90 bits per heavy atom. The Morgan fingerprint density at radius 3 is 2.76 bits per heavy atom. The maximum absolute atomic E-state index is 13.8. The first kappa shape index (κ1) is 13.2. The van der Waals surface area contributed by atoms with Crippen LogP contribution in [0, 0.1) is 5.82 Å². The molecule has 0 aliphatic heterocycles. The number of aromatic nitrogens is 1. The third-order valence-corrected chi connectivity index (χ3v) is 3.21. The Balaban J connectivity index is 1.93. The van der Waals surface area contributed by atoms with Crippen LogP contribution in [0.2, 0.25) is 0 Å². The summed E-state index contributed by atoms with van der Waals surface area (Å²) in [6.07, 6.45) is 2.28. The van der Waals surface area contributed by atoms with Crippen LogP contribution in [-0.4, -0.2) is 11.3 Å². The third-order valence-electron chi connectivity index (χ3n) is 3.21. The van der Waals surface area contributed by atoms with Gasteiger partial charge in [0.1, 0.15) is 6.61 Å². The van der Waals surface area contributed by atoms with E-state index in [4.69, 9.17) is 4.74 Å². The van der Waals surface area contributed by atoms with E-state index in [0.717, 1.165) is 16.5 Å². The second-order valence-electron chi connectivity index (χ2n) is 4.56. The van der Waals surface area contributed by atoms with Crippen molar-refractivity contribution in [3.05, 3.63) is 71.7 Å². The Bertz CT molecular complexity index is 796. The van der Waals surface area contributed by atoms with Crippen molar-refractivity contribution in [2.75, 3.05) is 0 Å². The summed E-state index contributed by atoms with van der Waals surface area (Å²) >= 11 is 0. The fraction of sp³-hybridized carbons (Fsp3) is 0.0588. The molecule has 0 saturated heterocycles. The predicted molar refractivity (Wildman–Crippen MR) is 77.9 cm³/mol. The molecule has 1 heterocycles. The van der Waals surface area contributed by atoms with Crippen LogP contribution in [0.1, 0.15) is 15.9 Å². The number of hydrogen-bond donors (Lipinski definition) is 0. The van der Waals surface area contributed by atoms with Gasteiger partial charge in [-0.25, -0.2) is 4.39 Å². The molecule has 0 atom stereocenters. The highest BCUT2D eigenvalue weighted by molar-refractivity contribution is 5.81. The molecule has 3 nitrogen and oxygen atoms in total. The monoisotopic (exact) mass is 281 g/mol. The standard InChI is InChI=1S/C17H12FNO2/c18-15-8-2-5-13(10-20)17(15)21-11-14-6-1-4-12-7-3-9-19-16(12)14/h1-10H,11H2. The number of para-hydroxylation sites is 2. The molecule has 0 fully saturated rings. The number of carbonyl (C=O) groups excluding carboxylic acids is 1. The van der Waals surface area contributed by atoms with Crippen LogP contribution >= 0.6 is 0 Å². The first-order valence-corrected chi connectivity index (χ1v) is 6.48. The molecule has 0 amide bonds. The fourth-order valence-electron chi connectivity index (χ4n) is 2.20. The van der Waals surface area contributed by atoms with Crippen LogP contribution in [0.15, 0.2) is 54.7 Å². The topological polar surface area (TPSA) is 39.2 Å². The minimum Gasteiger partial charge on any atom is -0.485 e. The SMILES string of the molecule is O=Cc1cccc(F)c1OCc1cccc2cccnc12. The molecular formula is C17H12FNO2. The molecule has 2 aromatic carbocycles. The number of nitrogens with zero attached hydrogens (tertiary/aromatic N) is 1. The van der Waals surface area contributed by atoms with Gasteiger partial charge < -0.3 is 4.74 Å². The summed E-state index contributed by atoms with van der Waals surface area (Å²) in [5, 5.41) is 0.989. The second-order valence-corrected chi connectivity index (χ2v) is 4.56. The zero-order valence-corrected chi connectivity index (χ0v) is 11.1. The molecule has 0 spiro atoms. The van der Waals surface area contributed by atoms with Gasteiger partial charge in [0.15, 0.2) is 17.9 Å². The molecule has 4 heteroatoms. The summed E-state index contributed by atoms with van der Waals surface area (Å²) in [5.41, 5.74) is 1.85. The maximum atomic E-state index is 13.8. The number of carbonyl (C=O) groups is 1. The van der Waals surface area contributed by atoms with Gasteiger partial charge in [0.05, 0.1) is 11.1 Å². The minimum absolute atomic E-state index is 0.0274. The highest BCUT2D eigenvalue weighted by atomic mass is 19.1. The number of pyridine rings is 1. The lowest BCUT2D eigenvalue weighted by atomic mass is 10.1. The van der Waals surface area contributed by atoms with E-state index in [1.807, 2.05) is 30.3 Å². The fourth-order valence-corrected chi connectivity index (χ4v) is 2.20. The summed E-state index contributed by atoms with van der Waals surface area (Å²) in [7, 11) is 0. The van der Waals surface area contributed by atoms with E-state index in [1.165, 1.54) is 18.2 Å². The Hall–Kier alpha value is -2.75. The van der Waals surface area contributed by atoms with Crippen LogP contribution in [0.3, 0.4) is 0 Å². The van der Waals surface area contributed by atoms with Gasteiger partial charge >= 0.3 is 0 Å². The summed E-state index contributed by atoms with van der Waals surface area (Å²) < 4.78 is 19.3. The molecule has 3 rings (SSSR count). The van der Waals surface area contributed by atoms with E-state index in [1.54, 1.807) is 6.20 Å². The second kappa shape index (κ2) is 5.71. The van der Waals surface area contributed by atoms with E-state index in [-0.39, 0.29) is 17.9 Å². The molecule has 1 aromatic heterocycles. The lowest BCUT2D eigenvalue weighted by Crippen LogP contribution is -2.01. The Labute approximate surface area is 121 Å². The molecule has 3 aromatic rings. The number of benzene rings is 2. The van der Waals surface area contributed by atoms with Crippen LogP contribution in [0.25, 0.3) is 10.9 Å². The summed E-state index contributed by atoms with van der Waals surface area (Å²) in [6, 6.07) is 13.8. The van der Waals surface area contributed by atoms with E-state index in [0.29, 0.717) is 6.29 Å². The minimum atomic E-state index is -0.548. The van der Waals surface area contributed by atoms with E-state index in [9.17, 15) is 9.18 Å². The molecule has 0 aliphatic rings. The summed E-state index contributed by atoms with van der Waals surface area (Å²) in [5.74, 6) is -0.576. The molecule has 104 valence electrons. The van der Waals surface area contributed by atoms with Crippen molar-refractivity contribution in [3.8, 4) is 5.75 Å². The van der Waals surface area contributed by atoms with Crippen molar-refractivity contribution >= 4 is 17.2 Å². The van der Waals surface area contributed by atoms with Gasteiger partial charge in [-0.05, 0) is 18.2 Å². The van der Waals surface area contributed by atoms with E-state index < -0.39 is 5.82 Å². The average molecular weight is 281 g/mol. The normalized spacial score (nSPS) is 10.5. The Kier molecular flexibility index (Phi) is 3.60. The van der Waals surface area contributed by atoms with Gasteiger partial charge in [0.25, 0.3) is 0 Å². The van der Waals surface area contributed by atoms with Gasteiger partial charge in [0.2, 0.25) is 0 Å². The van der Waals surface area contributed by atoms with Crippen LogP contribution in [0.5, 0.6) is 5.75 Å². The zero-order valence-electron chi connectivity index (χ0n) is 11.1. The number of halogens is 1. The molecule has 0 saturated carbocycles. The van der Waals surface area contributed by atoms with Crippen molar-refractivity contribution in [2.24, 2.45) is 0 Å². The van der Waals surface area contributed by atoms with Gasteiger partial charge in [-0.3, -0.25) is 9.78 Å². The molecular weight excluding hydrogens is 269 g/mol. The van der Waals surface area contributed by atoms with Gasteiger partial charge in [-0.15, -0.1) is 0 Å². The zero-order chi connectivity index (χ0) is 14.7. The van der Waals surface area contributed by atoms with Crippen molar-refractivity contribution in [1.82, 2.24) is 4.98 Å². The first-order valence-electron chi connectivity index (χ1n) is 6.48. The summed E-state index contributed by atoms with van der Waals surface area (Å²) in [6.45, 7) is 0.149. The third kappa shape index (κ3) is 2.60. The summed E-state index contributed by atoms with van der Waals surface area (Å²) in [4.78, 5) is 15.3. The van der Waals surface area contributed by atoms with Crippen molar-refractivity contribution in [1.29, 1.82) is 0 Å². The highest BCUT2D eigenvalue weighted by Crippen LogP contribution is 2.24. The van der Waals surface area contributed by atoms with Gasteiger partial charge in [0, 0.05) is 17.1 Å². The van der Waals surface area contributed by atoms with Crippen LogP contribution in [-0.2, 0) is 6.61 Å². The average Bonchev–Trinajstić information content (AvgIpc) is 2.53. The molecule has 0 unspecified atom stereocenters. The number of fused-ring (bicyclic) bond motifs is 1. The molecule has 0 N–H and O–H groups in total. The largest absolute Gasteiger partial charge is 0.485 e. The van der Waals surface area contributed by atoms with Crippen LogP contribution in [0.4, 0.5) is 4.39 Å². The lowest BCUT2D eigenvalue weighted by molar-refractivity contribution is 0.111. The number of aldehydes is 1. The van der Waals surface area contributed by atoms with E-state index in [2.05, 4.69) is 4.98 Å². The van der Waals surface area contributed by atoms with Crippen molar-refractivity contribution < 1.29 is 13.9 Å². The van der Waals surface area contributed by atoms with Crippen molar-refractivity contribution in [2.45, 2.75) is 6.61 Å². The van der Waals surface area contributed by atoms with Crippen molar-refractivity contribution in [3.63, 3.8) is 0 Å². The Morgan fingerprint density at radius 1 is 1.10 bits per heavy atom. The molecule has 0 bridgehead atoms. The lowest BCUT2D eigenvalue weighted by Gasteiger charge is -2.10. The van der Waals surface area contributed by atoms with Crippen LogP contribution < -0.4 is 4.74 Å². The smallest absolute Gasteiger partial charge is 0.165 e. The highest BCUT2D eigenvalue weighted by Gasteiger charge is 2.10. The number of rotatable bonds is 4.